The van der Waals surface area contributed by atoms with Gasteiger partial charge in [0.25, 0.3) is 0 Å². The van der Waals surface area contributed by atoms with Crippen LogP contribution in [0.1, 0.15) is 17.2 Å². The molecule has 0 spiro atoms. The average Bonchev–Trinajstić information content (AvgIpc) is 2.66. The number of alkyl halides is 3. The van der Waals surface area contributed by atoms with E-state index in [4.69, 9.17) is 16.3 Å². The number of hydrogen-bond donors (Lipinski definition) is 2. The van der Waals surface area contributed by atoms with Gasteiger partial charge >= 0.3 is 6.36 Å². The highest BCUT2D eigenvalue weighted by molar-refractivity contribution is 6.32. The predicted octanol–water partition coefficient (Wildman–Crippen LogP) is 4.79. The zero-order valence-electron chi connectivity index (χ0n) is 15.9. The van der Waals surface area contributed by atoms with E-state index in [0.717, 1.165) is 13.1 Å². The highest BCUT2D eigenvalue weighted by Crippen LogP contribution is 2.44. The number of piperazine rings is 1. The SMILES string of the molecule is COc1ccc(Cl)c(O)c1[C@@H](c1ccc(OC(F)(F)F)cc1)N1CCNCC1.Cl.Cl. The number of hydrogen-bond acceptors (Lipinski definition) is 5. The molecule has 3 rings (SSSR count). The second kappa shape index (κ2) is 11.2. The van der Waals surface area contributed by atoms with Crippen molar-refractivity contribution in [2.75, 3.05) is 33.3 Å². The number of phenolic OH excluding ortho intramolecular Hbond substituents is 1. The molecule has 1 saturated heterocycles. The number of methoxy groups -OCH3 is 1. The third-order valence-corrected chi connectivity index (χ3v) is 4.87. The van der Waals surface area contributed by atoms with E-state index in [2.05, 4.69) is 15.0 Å². The van der Waals surface area contributed by atoms with Crippen LogP contribution in [0.2, 0.25) is 5.02 Å². The maximum atomic E-state index is 12.5. The molecule has 0 aliphatic carbocycles. The molecule has 168 valence electrons. The van der Waals surface area contributed by atoms with E-state index in [9.17, 15) is 18.3 Å². The lowest BCUT2D eigenvalue weighted by atomic mass is 9.94. The van der Waals surface area contributed by atoms with E-state index in [1.807, 2.05) is 0 Å². The normalized spacial score (nSPS) is 15.5. The third-order valence-electron chi connectivity index (χ3n) is 4.57. The number of aromatic hydroxyl groups is 1. The fourth-order valence-electron chi connectivity index (χ4n) is 3.36. The van der Waals surface area contributed by atoms with Crippen molar-refractivity contribution in [1.82, 2.24) is 10.2 Å². The van der Waals surface area contributed by atoms with Gasteiger partial charge in [-0.3, -0.25) is 4.90 Å². The van der Waals surface area contributed by atoms with Crippen LogP contribution in [0.4, 0.5) is 13.2 Å². The minimum Gasteiger partial charge on any atom is -0.506 e. The number of nitrogens with one attached hydrogen (secondary N) is 1. The Hall–Kier alpha value is -1.58. The van der Waals surface area contributed by atoms with Crippen molar-refractivity contribution in [2.45, 2.75) is 12.4 Å². The molecule has 1 heterocycles. The Morgan fingerprint density at radius 2 is 1.67 bits per heavy atom. The van der Waals surface area contributed by atoms with Crippen LogP contribution in [0.5, 0.6) is 17.2 Å². The second-order valence-corrected chi connectivity index (χ2v) is 6.72. The maximum absolute atomic E-state index is 12.5. The quantitative estimate of drug-likeness (QED) is 0.632. The topological polar surface area (TPSA) is 54.0 Å². The summed E-state index contributed by atoms with van der Waals surface area (Å²) in [6.07, 6.45) is -4.76. The van der Waals surface area contributed by atoms with Crippen molar-refractivity contribution in [3.8, 4) is 17.2 Å². The molecule has 2 aromatic rings. The maximum Gasteiger partial charge on any atom is 0.573 e. The summed E-state index contributed by atoms with van der Waals surface area (Å²) in [5, 5.41) is 14.1. The molecular weight excluding hydrogens is 468 g/mol. The van der Waals surface area contributed by atoms with Gasteiger partial charge in [-0.15, -0.1) is 38.0 Å². The molecule has 0 aromatic heterocycles. The standard InChI is InChI=1S/C19H20ClF3N2O3.2ClH/c1-27-15-7-6-14(20)18(26)16(15)17(25-10-8-24-9-11-25)12-2-4-13(5-3-12)28-19(21,22)23;;/h2-7,17,24,26H,8-11H2,1H3;2*1H/t17-;;/m1../s1. The minimum atomic E-state index is -4.76. The Bertz CT molecular complexity index is 817. The van der Waals surface area contributed by atoms with E-state index in [0.29, 0.717) is 30.0 Å². The first-order valence-electron chi connectivity index (χ1n) is 8.66. The van der Waals surface area contributed by atoms with Gasteiger partial charge in [-0.1, -0.05) is 23.7 Å². The fraction of sp³-hybridized carbons (Fsp3) is 0.368. The summed E-state index contributed by atoms with van der Waals surface area (Å²) in [4.78, 5) is 2.12. The Morgan fingerprint density at radius 3 is 2.20 bits per heavy atom. The lowest BCUT2D eigenvalue weighted by molar-refractivity contribution is -0.274. The number of ether oxygens (including phenoxy) is 2. The first-order chi connectivity index (χ1) is 13.3. The van der Waals surface area contributed by atoms with Gasteiger partial charge in [-0.25, -0.2) is 0 Å². The van der Waals surface area contributed by atoms with E-state index < -0.39 is 12.4 Å². The summed E-state index contributed by atoms with van der Waals surface area (Å²) in [5.74, 6) is 0.0267. The highest BCUT2D eigenvalue weighted by Gasteiger charge is 2.32. The number of halogens is 6. The molecule has 0 bridgehead atoms. The van der Waals surface area contributed by atoms with Gasteiger partial charge in [0.15, 0.2) is 0 Å². The summed E-state index contributed by atoms with van der Waals surface area (Å²) in [5.41, 5.74) is 1.16. The number of phenols is 1. The van der Waals surface area contributed by atoms with Crippen LogP contribution in [0, 0.1) is 0 Å². The van der Waals surface area contributed by atoms with E-state index >= 15 is 0 Å². The van der Waals surface area contributed by atoms with Gasteiger partial charge in [0.1, 0.15) is 17.2 Å². The Balaban J connectivity index is 0.00000225. The molecule has 5 nitrogen and oxygen atoms in total. The van der Waals surface area contributed by atoms with Crippen molar-refractivity contribution in [2.24, 2.45) is 0 Å². The number of rotatable bonds is 5. The Morgan fingerprint density at radius 1 is 1.07 bits per heavy atom. The summed E-state index contributed by atoms with van der Waals surface area (Å²) in [6.45, 7) is 2.85. The van der Waals surface area contributed by atoms with Crippen LogP contribution in [0.25, 0.3) is 0 Å². The lowest BCUT2D eigenvalue weighted by Crippen LogP contribution is -2.45. The second-order valence-electron chi connectivity index (χ2n) is 6.32. The smallest absolute Gasteiger partial charge is 0.506 e. The first kappa shape index (κ1) is 26.5. The van der Waals surface area contributed by atoms with Crippen molar-refractivity contribution in [3.05, 3.63) is 52.5 Å². The summed E-state index contributed by atoms with van der Waals surface area (Å²) >= 11 is 6.13. The molecule has 11 heteroatoms. The van der Waals surface area contributed by atoms with Gasteiger partial charge < -0.3 is 19.9 Å². The molecule has 2 N–H and O–H groups in total. The number of benzene rings is 2. The molecule has 1 atom stereocenters. The van der Waals surface area contributed by atoms with Crippen LogP contribution in [0.3, 0.4) is 0 Å². The van der Waals surface area contributed by atoms with E-state index in [-0.39, 0.29) is 41.3 Å². The third kappa shape index (κ3) is 6.21. The van der Waals surface area contributed by atoms with Crippen molar-refractivity contribution >= 4 is 36.4 Å². The van der Waals surface area contributed by atoms with Gasteiger partial charge in [-0.05, 0) is 29.8 Å². The van der Waals surface area contributed by atoms with Crippen LogP contribution < -0.4 is 14.8 Å². The van der Waals surface area contributed by atoms with Gasteiger partial charge in [0, 0.05) is 26.2 Å². The molecule has 1 aliphatic rings. The van der Waals surface area contributed by atoms with Crippen LogP contribution in [0.15, 0.2) is 36.4 Å². The van der Waals surface area contributed by atoms with Crippen molar-refractivity contribution in [1.29, 1.82) is 0 Å². The number of nitrogens with zero attached hydrogens (tertiary/aromatic N) is 1. The molecule has 1 aliphatic heterocycles. The van der Waals surface area contributed by atoms with E-state index in [1.54, 1.807) is 18.2 Å². The molecular formula is C19H22Cl3F3N2O3. The van der Waals surface area contributed by atoms with Gasteiger partial charge in [-0.2, -0.15) is 0 Å². The monoisotopic (exact) mass is 488 g/mol. The Kier molecular flexibility index (Phi) is 9.84. The molecule has 0 saturated carbocycles. The average molecular weight is 490 g/mol. The minimum absolute atomic E-state index is 0. The largest absolute Gasteiger partial charge is 0.573 e. The van der Waals surface area contributed by atoms with Gasteiger partial charge in [0.2, 0.25) is 0 Å². The summed E-state index contributed by atoms with van der Waals surface area (Å²) < 4.78 is 46.7. The van der Waals surface area contributed by atoms with Crippen LogP contribution in [-0.4, -0.2) is 49.7 Å². The van der Waals surface area contributed by atoms with Crippen LogP contribution >= 0.6 is 36.4 Å². The fourth-order valence-corrected chi connectivity index (χ4v) is 3.52. The first-order valence-corrected chi connectivity index (χ1v) is 9.04. The molecule has 1 fully saturated rings. The predicted molar refractivity (Wildman–Crippen MR) is 114 cm³/mol. The zero-order valence-corrected chi connectivity index (χ0v) is 18.3. The van der Waals surface area contributed by atoms with Gasteiger partial charge in [0.05, 0.1) is 23.7 Å². The molecule has 0 radical (unpaired) electrons. The van der Waals surface area contributed by atoms with E-state index in [1.165, 1.54) is 25.3 Å². The summed E-state index contributed by atoms with van der Waals surface area (Å²) in [7, 11) is 1.49. The highest BCUT2D eigenvalue weighted by atomic mass is 35.5. The van der Waals surface area contributed by atoms with Crippen molar-refractivity contribution in [3.63, 3.8) is 0 Å². The summed E-state index contributed by atoms with van der Waals surface area (Å²) in [6, 6.07) is 8.36. The molecule has 0 unspecified atom stereocenters. The molecule has 2 aromatic carbocycles. The lowest BCUT2D eigenvalue weighted by Gasteiger charge is -2.36. The zero-order chi connectivity index (χ0) is 20.3. The molecule has 0 amide bonds. The van der Waals surface area contributed by atoms with Crippen LogP contribution in [-0.2, 0) is 0 Å². The Labute approximate surface area is 189 Å². The molecule has 30 heavy (non-hydrogen) atoms. The van der Waals surface area contributed by atoms with Crippen molar-refractivity contribution < 1.29 is 27.8 Å².